The van der Waals surface area contributed by atoms with Crippen LogP contribution in [-0.4, -0.2) is 11.8 Å². The van der Waals surface area contributed by atoms with Gasteiger partial charge in [0.15, 0.2) is 5.78 Å². The molecule has 110 valence electrons. The van der Waals surface area contributed by atoms with Crippen molar-refractivity contribution in [2.24, 2.45) is 5.41 Å². The van der Waals surface area contributed by atoms with Crippen molar-refractivity contribution in [1.29, 1.82) is 0 Å². The Hall–Kier alpha value is -1.61. The van der Waals surface area contributed by atoms with Crippen molar-refractivity contribution in [3.8, 4) is 0 Å². The van der Waals surface area contributed by atoms with Gasteiger partial charge in [0.1, 0.15) is 5.76 Å². The first-order chi connectivity index (χ1) is 9.87. The number of halogens is 1. The lowest BCUT2D eigenvalue weighted by Gasteiger charge is -2.36. The highest BCUT2D eigenvalue weighted by atomic mass is 35.5. The monoisotopic (exact) mass is 304 g/mol. The lowest BCUT2D eigenvalue weighted by Crippen LogP contribution is -2.34. The molecule has 1 aromatic carbocycles. The van der Waals surface area contributed by atoms with E-state index in [1.807, 2.05) is 32.0 Å². The van der Waals surface area contributed by atoms with E-state index in [1.54, 1.807) is 6.07 Å². The first kappa shape index (κ1) is 14.3. The molecular weight excluding hydrogens is 288 g/mol. The third-order valence-corrected chi connectivity index (χ3v) is 4.46. The number of carbonyl (C=O) groups excluding carboxylic acids is 2. The Morgan fingerprint density at radius 3 is 2.62 bits per heavy atom. The van der Waals surface area contributed by atoms with Crippen LogP contribution in [0.4, 0.5) is 0 Å². The van der Waals surface area contributed by atoms with Crippen molar-refractivity contribution in [3.05, 3.63) is 46.2 Å². The molecule has 0 aromatic heterocycles. The van der Waals surface area contributed by atoms with Gasteiger partial charge in [-0.05, 0) is 17.0 Å². The number of Topliss-reactive ketones (excluding diaryl/α,β-unsaturated/α-hetero) is 1. The van der Waals surface area contributed by atoms with Gasteiger partial charge in [0.25, 0.3) is 0 Å². The highest BCUT2D eigenvalue weighted by Crippen LogP contribution is 2.46. The molecule has 0 fully saturated rings. The van der Waals surface area contributed by atoms with Crippen LogP contribution in [0.15, 0.2) is 35.6 Å². The quantitative estimate of drug-likeness (QED) is 0.736. The molecule has 0 bridgehead atoms. The fourth-order valence-electron chi connectivity index (χ4n) is 3.23. The van der Waals surface area contributed by atoms with E-state index in [4.69, 9.17) is 16.3 Å². The number of rotatable bonds is 1. The number of carbonyl (C=O) groups is 2. The highest BCUT2D eigenvalue weighted by molar-refractivity contribution is 6.31. The number of benzene rings is 1. The normalized spacial score (nSPS) is 24.6. The van der Waals surface area contributed by atoms with E-state index in [2.05, 4.69) is 0 Å². The molecule has 1 atom stereocenters. The molecule has 21 heavy (non-hydrogen) atoms. The van der Waals surface area contributed by atoms with Crippen LogP contribution in [0.2, 0.25) is 5.02 Å². The molecule has 3 nitrogen and oxygen atoms in total. The lowest BCUT2D eigenvalue weighted by molar-refractivity contribution is -0.142. The van der Waals surface area contributed by atoms with Crippen molar-refractivity contribution in [2.45, 2.75) is 39.0 Å². The van der Waals surface area contributed by atoms with E-state index in [0.717, 1.165) is 5.56 Å². The summed E-state index contributed by atoms with van der Waals surface area (Å²) in [6, 6.07) is 7.38. The van der Waals surface area contributed by atoms with Gasteiger partial charge in [-0.2, -0.15) is 0 Å². The van der Waals surface area contributed by atoms with E-state index in [1.165, 1.54) is 0 Å². The minimum Gasteiger partial charge on any atom is -0.431 e. The van der Waals surface area contributed by atoms with Crippen LogP contribution in [0.3, 0.4) is 0 Å². The Bertz CT molecular complexity index is 658. The van der Waals surface area contributed by atoms with E-state index < -0.39 is 0 Å². The van der Waals surface area contributed by atoms with E-state index in [-0.39, 0.29) is 29.5 Å². The van der Waals surface area contributed by atoms with Gasteiger partial charge in [-0.1, -0.05) is 43.6 Å². The summed E-state index contributed by atoms with van der Waals surface area (Å²) in [6.07, 6.45) is 1.26. The van der Waals surface area contributed by atoms with Gasteiger partial charge >= 0.3 is 5.97 Å². The first-order valence-electron chi connectivity index (χ1n) is 7.09. The zero-order valence-electron chi connectivity index (χ0n) is 12.1. The Balaban J connectivity index is 2.11. The van der Waals surface area contributed by atoms with Gasteiger partial charge in [0, 0.05) is 29.4 Å². The van der Waals surface area contributed by atoms with Gasteiger partial charge < -0.3 is 4.74 Å². The number of ketones is 1. The van der Waals surface area contributed by atoms with Gasteiger partial charge in [-0.15, -0.1) is 0 Å². The lowest BCUT2D eigenvalue weighted by atomic mass is 9.71. The second-order valence-corrected chi connectivity index (χ2v) is 6.94. The molecular formula is C17H17ClO3. The van der Waals surface area contributed by atoms with Gasteiger partial charge in [0.05, 0.1) is 6.42 Å². The van der Waals surface area contributed by atoms with Crippen molar-refractivity contribution < 1.29 is 14.3 Å². The van der Waals surface area contributed by atoms with Gasteiger partial charge in [-0.3, -0.25) is 9.59 Å². The maximum atomic E-state index is 12.6. The third kappa shape index (κ3) is 2.62. The van der Waals surface area contributed by atoms with Crippen LogP contribution in [0.1, 0.15) is 44.6 Å². The van der Waals surface area contributed by atoms with Crippen molar-refractivity contribution in [3.63, 3.8) is 0 Å². The molecule has 0 amide bonds. The first-order valence-corrected chi connectivity index (χ1v) is 7.46. The van der Waals surface area contributed by atoms with E-state index in [0.29, 0.717) is 29.2 Å². The topological polar surface area (TPSA) is 43.4 Å². The van der Waals surface area contributed by atoms with Crippen molar-refractivity contribution in [2.75, 3.05) is 0 Å². The summed E-state index contributed by atoms with van der Waals surface area (Å²) in [5, 5.41) is 0.585. The van der Waals surface area contributed by atoms with E-state index in [9.17, 15) is 9.59 Å². The Morgan fingerprint density at radius 1 is 1.19 bits per heavy atom. The standard InChI is InChI=1S/C17H17ClO3/c1-17(2)8-13(19)16-11(7-15(20)21-14(16)9-17)10-5-3-4-6-12(10)18/h3-6,11H,7-9H2,1-2H3/t11-/m1/s1. The average molecular weight is 305 g/mol. The molecule has 1 aromatic rings. The largest absolute Gasteiger partial charge is 0.431 e. The van der Waals surface area contributed by atoms with Crippen molar-refractivity contribution in [1.82, 2.24) is 0 Å². The van der Waals surface area contributed by atoms with Crippen LogP contribution < -0.4 is 0 Å². The predicted octanol–water partition coefficient (Wildman–Crippen LogP) is 4.01. The predicted molar refractivity (Wildman–Crippen MR) is 80.0 cm³/mol. The fourth-order valence-corrected chi connectivity index (χ4v) is 3.50. The second-order valence-electron chi connectivity index (χ2n) is 6.53. The maximum Gasteiger partial charge on any atom is 0.311 e. The summed E-state index contributed by atoms with van der Waals surface area (Å²) in [6.45, 7) is 4.03. The molecule has 0 saturated heterocycles. The van der Waals surface area contributed by atoms with Crippen molar-refractivity contribution >= 4 is 23.4 Å². The SMILES string of the molecule is CC1(C)CC(=O)C2=C(C1)OC(=O)C[C@@H]2c1ccccc1Cl. The summed E-state index contributed by atoms with van der Waals surface area (Å²) < 4.78 is 5.36. The summed E-state index contributed by atoms with van der Waals surface area (Å²) in [5.74, 6) is 0.0406. The summed E-state index contributed by atoms with van der Waals surface area (Å²) in [4.78, 5) is 24.5. The second kappa shape index (κ2) is 4.99. The van der Waals surface area contributed by atoms with Crippen LogP contribution in [0.5, 0.6) is 0 Å². The number of hydrogen-bond donors (Lipinski definition) is 0. The number of allylic oxidation sites excluding steroid dienone is 2. The number of ether oxygens (including phenoxy) is 1. The fraction of sp³-hybridized carbons (Fsp3) is 0.412. The summed E-state index contributed by atoms with van der Waals surface area (Å²) in [5.41, 5.74) is 1.30. The number of esters is 1. The zero-order chi connectivity index (χ0) is 15.2. The van der Waals surface area contributed by atoms with Crippen LogP contribution in [0, 0.1) is 5.41 Å². The molecule has 1 aliphatic heterocycles. The minimum atomic E-state index is -0.288. The molecule has 0 radical (unpaired) electrons. The molecule has 2 aliphatic rings. The molecule has 0 spiro atoms. The zero-order valence-corrected chi connectivity index (χ0v) is 12.9. The minimum absolute atomic E-state index is 0.0682. The molecule has 3 rings (SSSR count). The van der Waals surface area contributed by atoms with Gasteiger partial charge in [-0.25, -0.2) is 0 Å². The Kier molecular flexibility index (Phi) is 3.40. The number of hydrogen-bond acceptors (Lipinski definition) is 3. The molecule has 1 heterocycles. The maximum absolute atomic E-state index is 12.6. The summed E-state index contributed by atoms with van der Waals surface area (Å²) in [7, 11) is 0. The molecule has 0 unspecified atom stereocenters. The Labute approximate surface area is 128 Å². The van der Waals surface area contributed by atoms with Crippen LogP contribution in [0.25, 0.3) is 0 Å². The van der Waals surface area contributed by atoms with Crippen LogP contribution in [-0.2, 0) is 14.3 Å². The third-order valence-electron chi connectivity index (χ3n) is 4.12. The molecule has 0 saturated carbocycles. The smallest absolute Gasteiger partial charge is 0.311 e. The average Bonchev–Trinajstić information content (AvgIpc) is 2.36. The van der Waals surface area contributed by atoms with Crippen LogP contribution >= 0.6 is 11.6 Å². The molecule has 1 aliphatic carbocycles. The highest BCUT2D eigenvalue weighted by Gasteiger charge is 2.42. The Morgan fingerprint density at radius 2 is 1.90 bits per heavy atom. The van der Waals surface area contributed by atoms with E-state index >= 15 is 0 Å². The molecule has 4 heteroatoms. The van der Waals surface area contributed by atoms with Gasteiger partial charge in [0.2, 0.25) is 0 Å². The summed E-state index contributed by atoms with van der Waals surface area (Å²) >= 11 is 6.25. The molecule has 0 N–H and O–H groups in total.